The Morgan fingerprint density at radius 2 is 2.00 bits per heavy atom. The van der Waals surface area contributed by atoms with Gasteiger partial charge < -0.3 is 4.90 Å². The van der Waals surface area contributed by atoms with Gasteiger partial charge in [0.15, 0.2) is 0 Å². The Balaban J connectivity index is 1.57. The third-order valence-electron chi connectivity index (χ3n) is 4.40. The van der Waals surface area contributed by atoms with Crippen LogP contribution in [0.2, 0.25) is 0 Å². The average Bonchev–Trinajstić information content (AvgIpc) is 3.12. The molecule has 7 nitrogen and oxygen atoms in total. The van der Waals surface area contributed by atoms with Crippen LogP contribution < -0.4 is 5.56 Å². The fourth-order valence-corrected chi connectivity index (χ4v) is 3.03. The van der Waals surface area contributed by atoms with Crippen LogP contribution in [-0.4, -0.2) is 37.3 Å². The molecule has 1 aromatic carbocycles. The van der Waals surface area contributed by atoms with Gasteiger partial charge in [0.2, 0.25) is 0 Å². The molecule has 0 atom stereocenters. The van der Waals surface area contributed by atoms with Crippen molar-refractivity contribution >= 4 is 5.91 Å². The molecule has 4 rings (SSSR count). The summed E-state index contributed by atoms with van der Waals surface area (Å²) in [7, 11) is 1.63. The van der Waals surface area contributed by atoms with Crippen molar-refractivity contribution in [2.24, 2.45) is 7.05 Å². The Morgan fingerprint density at radius 3 is 2.80 bits per heavy atom. The van der Waals surface area contributed by atoms with Gasteiger partial charge in [0.1, 0.15) is 5.69 Å². The largest absolute Gasteiger partial charge is 0.333 e. The Hall–Kier alpha value is -3.22. The van der Waals surface area contributed by atoms with Gasteiger partial charge in [-0.25, -0.2) is 4.68 Å². The third-order valence-corrected chi connectivity index (χ3v) is 4.40. The van der Waals surface area contributed by atoms with Gasteiger partial charge in [0.05, 0.1) is 11.4 Å². The number of H-pyrrole nitrogens is 1. The fourth-order valence-electron chi connectivity index (χ4n) is 3.03. The van der Waals surface area contributed by atoms with Crippen LogP contribution in [0.15, 0.2) is 47.3 Å². The molecule has 0 saturated carbocycles. The zero-order chi connectivity index (χ0) is 17.4. The van der Waals surface area contributed by atoms with E-state index in [4.69, 9.17) is 0 Å². The predicted molar refractivity (Wildman–Crippen MR) is 91.9 cm³/mol. The van der Waals surface area contributed by atoms with Gasteiger partial charge in [-0.05, 0) is 6.07 Å². The molecule has 2 aromatic heterocycles. The summed E-state index contributed by atoms with van der Waals surface area (Å²) in [6, 6.07) is 13.0. The maximum absolute atomic E-state index is 12.8. The van der Waals surface area contributed by atoms with Crippen LogP contribution in [0.4, 0.5) is 0 Å². The number of hydrogen-bond acceptors (Lipinski definition) is 4. The van der Waals surface area contributed by atoms with E-state index in [0.717, 1.165) is 22.5 Å². The molecule has 7 heteroatoms. The second-order valence-electron chi connectivity index (χ2n) is 6.09. The van der Waals surface area contributed by atoms with Gasteiger partial charge in [-0.15, -0.1) is 0 Å². The van der Waals surface area contributed by atoms with Crippen LogP contribution in [0.25, 0.3) is 11.3 Å². The predicted octanol–water partition coefficient (Wildman–Crippen LogP) is 1.37. The molecule has 1 amide bonds. The van der Waals surface area contributed by atoms with E-state index in [9.17, 15) is 9.59 Å². The zero-order valence-electron chi connectivity index (χ0n) is 13.8. The highest BCUT2D eigenvalue weighted by Gasteiger charge is 2.24. The standard InChI is InChI=1S/C18H17N5O2/c1-22-17(24)9-13-11-23(8-7-14(13)21-22)18(25)16-10-15(19-20-16)12-5-3-2-4-6-12/h2-6,9-10H,7-8,11H2,1H3,(H,19,20). The van der Waals surface area contributed by atoms with E-state index in [1.54, 1.807) is 24.1 Å². The Morgan fingerprint density at radius 1 is 1.20 bits per heavy atom. The number of aromatic amines is 1. The SMILES string of the molecule is Cn1nc2c(cc1=O)CN(C(=O)c1cc(-c3ccccc3)n[nH]1)CC2. The van der Waals surface area contributed by atoms with E-state index in [0.29, 0.717) is 25.2 Å². The Kier molecular flexibility index (Phi) is 3.68. The monoisotopic (exact) mass is 335 g/mol. The highest BCUT2D eigenvalue weighted by molar-refractivity contribution is 5.93. The highest BCUT2D eigenvalue weighted by Crippen LogP contribution is 2.20. The summed E-state index contributed by atoms with van der Waals surface area (Å²) in [6.45, 7) is 0.952. The molecule has 126 valence electrons. The number of aryl methyl sites for hydroxylation is 1. The Bertz CT molecular complexity index is 990. The van der Waals surface area contributed by atoms with Crippen molar-refractivity contribution in [3.05, 3.63) is 69.8 Å². The number of benzene rings is 1. The minimum atomic E-state index is -0.166. The molecule has 1 aliphatic rings. The maximum atomic E-state index is 12.8. The zero-order valence-corrected chi connectivity index (χ0v) is 13.8. The lowest BCUT2D eigenvalue weighted by molar-refractivity contribution is 0.0726. The number of aromatic nitrogens is 4. The van der Waals surface area contributed by atoms with Crippen LogP contribution in [0.3, 0.4) is 0 Å². The molecule has 0 aliphatic carbocycles. The van der Waals surface area contributed by atoms with Crippen molar-refractivity contribution in [3.8, 4) is 11.3 Å². The lowest BCUT2D eigenvalue weighted by atomic mass is 10.1. The van der Waals surface area contributed by atoms with Gasteiger partial charge in [-0.3, -0.25) is 14.7 Å². The first-order valence-corrected chi connectivity index (χ1v) is 8.08. The highest BCUT2D eigenvalue weighted by atomic mass is 16.2. The minimum absolute atomic E-state index is 0.124. The molecule has 0 radical (unpaired) electrons. The van der Waals surface area contributed by atoms with Crippen LogP contribution in [0.1, 0.15) is 21.7 Å². The molecule has 25 heavy (non-hydrogen) atoms. The number of nitrogens with one attached hydrogen (secondary N) is 1. The average molecular weight is 335 g/mol. The molecule has 0 bridgehead atoms. The maximum Gasteiger partial charge on any atom is 0.272 e. The third kappa shape index (κ3) is 2.84. The second-order valence-corrected chi connectivity index (χ2v) is 6.09. The van der Waals surface area contributed by atoms with Crippen LogP contribution >= 0.6 is 0 Å². The number of amides is 1. The van der Waals surface area contributed by atoms with Crippen molar-refractivity contribution in [1.82, 2.24) is 24.9 Å². The molecule has 0 spiro atoms. The van der Waals surface area contributed by atoms with Crippen molar-refractivity contribution < 1.29 is 4.79 Å². The summed E-state index contributed by atoms with van der Waals surface area (Å²) in [6.07, 6.45) is 0.634. The van der Waals surface area contributed by atoms with Crippen molar-refractivity contribution in [2.75, 3.05) is 6.54 Å². The smallest absolute Gasteiger partial charge is 0.272 e. The molecular weight excluding hydrogens is 318 g/mol. The quantitative estimate of drug-likeness (QED) is 0.766. The second kappa shape index (κ2) is 6.01. The molecule has 0 unspecified atom stereocenters. The topological polar surface area (TPSA) is 83.9 Å². The summed E-state index contributed by atoms with van der Waals surface area (Å²) in [4.78, 5) is 26.2. The molecule has 3 aromatic rings. The molecule has 3 heterocycles. The van der Waals surface area contributed by atoms with Gasteiger partial charge in [-0.1, -0.05) is 30.3 Å². The lowest BCUT2D eigenvalue weighted by Crippen LogP contribution is -2.38. The van der Waals surface area contributed by atoms with Crippen molar-refractivity contribution in [2.45, 2.75) is 13.0 Å². The van der Waals surface area contributed by atoms with E-state index in [-0.39, 0.29) is 11.5 Å². The van der Waals surface area contributed by atoms with Crippen LogP contribution in [0, 0.1) is 0 Å². The summed E-state index contributed by atoms with van der Waals surface area (Å²) in [5.41, 5.74) is 3.65. The first-order valence-electron chi connectivity index (χ1n) is 8.08. The van der Waals surface area contributed by atoms with Crippen LogP contribution in [-0.2, 0) is 20.0 Å². The van der Waals surface area contributed by atoms with Crippen molar-refractivity contribution in [3.63, 3.8) is 0 Å². The summed E-state index contributed by atoms with van der Waals surface area (Å²) < 4.78 is 1.33. The first kappa shape index (κ1) is 15.3. The fraction of sp³-hybridized carbons (Fsp3) is 0.222. The van der Waals surface area contributed by atoms with Gasteiger partial charge in [-0.2, -0.15) is 10.2 Å². The van der Waals surface area contributed by atoms with E-state index < -0.39 is 0 Å². The lowest BCUT2D eigenvalue weighted by Gasteiger charge is -2.27. The first-order chi connectivity index (χ1) is 12.1. The van der Waals surface area contributed by atoms with Crippen molar-refractivity contribution in [1.29, 1.82) is 0 Å². The summed E-state index contributed by atoms with van der Waals surface area (Å²) in [5.74, 6) is -0.124. The van der Waals surface area contributed by atoms with Crippen LogP contribution in [0.5, 0.6) is 0 Å². The number of carbonyl (C=O) groups excluding carboxylic acids is 1. The minimum Gasteiger partial charge on any atom is -0.333 e. The van der Waals surface area contributed by atoms with Gasteiger partial charge >= 0.3 is 0 Å². The number of hydrogen-bond donors (Lipinski definition) is 1. The number of nitrogens with zero attached hydrogens (tertiary/aromatic N) is 4. The normalized spacial score (nSPS) is 13.6. The number of carbonyl (C=O) groups is 1. The summed E-state index contributed by atoms with van der Waals surface area (Å²) >= 11 is 0. The molecule has 0 saturated heterocycles. The molecule has 1 aliphatic heterocycles. The molecule has 0 fully saturated rings. The summed E-state index contributed by atoms with van der Waals surface area (Å²) in [5, 5.41) is 11.3. The van der Waals surface area contributed by atoms with Gasteiger partial charge in [0.25, 0.3) is 11.5 Å². The van der Waals surface area contributed by atoms with E-state index in [2.05, 4.69) is 15.3 Å². The number of fused-ring (bicyclic) bond motifs is 1. The number of rotatable bonds is 2. The molecule has 1 N–H and O–H groups in total. The van der Waals surface area contributed by atoms with Gasteiger partial charge in [0, 0.05) is 43.8 Å². The van der Waals surface area contributed by atoms with E-state index >= 15 is 0 Å². The Labute approximate surface area is 143 Å². The van der Waals surface area contributed by atoms with E-state index in [1.165, 1.54) is 4.68 Å². The molecular formula is C18H17N5O2. The van der Waals surface area contributed by atoms with E-state index in [1.807, 2.05) is 30.3 Å².